The zero-order valence-corrected chi connectivity index (χ0v) is 13.1. The maximum absolute atomic E-state index is 12.7. The summed E-state index contributed by atoms with van der Waals surface area (Å²) in [6.45, 7) is 7.44. The van der Waals surface area contributed by atoms with E-state index in [0.29, 0.717) is 6.42 Å². The van der Waals surface area contributed by atoms with Gasteiger partial charge in [-0.15, -0.1) is 0 Å². The molecule has 1 saturated heterocycles. The minimum Gasteiger partial charge on any atom is -0.409 e. The molecule has 5 heteroatoms. The molecule has 116 valence electrons. The highest BCUT2D eigenvalue weighted by molar-refractivity contribution is 6.06. The molecule has 20 heavy (non-hydrogen) atoms. The van der Waals surface area contributed by atoms with Gasteiger partial charge in [-0.1, -0.05) is 31.8 Å². The molecule has 1 fully saturated rings. The second-order valence-electron chi connectivity index (χ2n) is 6.05. The third kappa shape index (κ3) is 3.64. The highest BCUT2D eigenvalue weighted by Crippen LogP contribution is 2.28. The van der Waals surface area contributed by atoms with Gasteiger partial charge in [-0.05, 0) is 38.5 Å². The molecule has 0 aromatic carbocycles. The molecule has 1 rings (SSSR count). The average Bonchev–Trinajstić information content (AvgIpc) is 2.70. The number of carbonyl (C=O) groups excluding carboxylic acids is 1. The Kier molecular flexibility index (Phi) is 6.30. The summed E-state index contributed by atoms with van der Waals surface area (Å²) in [6.07, 6.45) is 6.30. The molecule has 3 N–H and O–H groups in total. The molecule has 2 atom stereocenters. The number of likely N-dealkylation sites (tertiary alicyclic amines) is 1. The second kappa shape index (κ2) is 7.50. The lowest BCUT2D eigenvalue weighted by atomic mass is 9.84. The Morgan fingerprint density at radius 2 is 2.10 bits per heavy atom. The molecule has 1 heterocycles. The van der Waals surface area contributed by atoms with Crippen molar-refractivity contribution < 1.29 is 10.0 Å². The van der Waals surface area contributed by atoms with Gasteiger partial charge in [0.05, 0.1) is 0 Å². The molecule has 0 aromatic heterocycles. The van der Waals surface area contributed by atoms with Gasteiger partial charge >= 0.3 is 0 Å². The third-order valence-corrected chi connectivity index (χ3v) is 4.68. The van der Waals surface area contributed by atoms with Gasteiger partial charge in [0.25, 0.3) is 0 Å². The Morgan fingerprint density at radius 3 is 2.65 bits per heavy atom. The largest absolute Gasteiger partial charge is 0.409 e. The summed E-state index contributed by atoms with van der Waals surface area (Å²) in [6, 6.07) is 0. The van der Waals surface area contributed by atoms with Crippen LogP contribution in [0.4, 0.5) is 0 Å². The quantitative estimate of drug-likeness (QED) is 0.352. The van der Waals surface area contributed by atoms with Crippen LogP contribution in [0.25, 0.3) is 0 Å². The molecule has 5 nitrogen and oxygen atoms in total. The standard InChI is InChI=1S/C15H29N3O2/c1-4-7-12-8-6-10-18(11-9-12)14(19)15(3,5-2)13(16)17-20/h12,20H,4-11H2,1-3H3,(H2,16,17). The van der Waals surface area contributed by atoms with Crippen molar-refractivity contribution in [2.75, 3.05) is 13.1 Å². The van der Waals surface area contributed by atoms with Crippen molar-refractivity contribution in [3.05, 3.63) is 0 Å². The first-order chi connectivity index (χ1) is 9.49. The van der Waals surface area contributed by atoms with E-state index in [2.05, 4.69) is 12.1 Å². The summed E-state index contributed by atoms with van der Waals surface area (Å²) in [5.74, 6) is 0.737. The lowest BCUT2D eigenvalue weighted by Crippen LogP contribution is -2.49. The molecular weight excluding hydrogens is 254 g/mol. The molecule has 1 amide bonds. The molecular formula is C15H29N3O2. The molecule has 0 spiro atoms. The summed E-state index contributed by atoms with van der Waals surface area (Å²) >= 11 is 0. The van der Waals surface area contributed by atoms with Crippen molar-refractivity contribution in [2.45, 2.75) is 59.3 Å². The van der Waals surface area contributed by atoms with E-state index in [4.69, 9.17) is 10.9 Å². The van der Waals surface area contributed by atoms with Crippen molar-refractivity contribution in [3.8, 4) is 0 Å². The fourth-order valence-electron chi connectivity index (χ4n) is 2.97. The first-order valence-corrected chi connectivity index (χ1v) is 7.76. The summed E-state index contributed by atoms with van der Waals surface area (Å²) in [7, 11) is 0. The maximum atomic E-state index is 12.7. The van der Waals surface area contributed by atoms with Crippen LogP contribution in [0, 0.1) is 11.3 Å². The van der Waals surface area contributed by atoms with Crippen LogP contribution in [0.5, 0.6) is 0 Å². The number of hydrogen-bond acceptors (Lipinski definition) is 3. The highest BCUT2D eigenvalue weighted by atomic mass is 16.4. The maximum Gasteiger partial charge on any atom is 0.236 e. The molecule has 2 unspecified atom stereocenters. The number of oxime groups is 1. The van der Waals surface area contributed by atoms with Crippen LogP contribution in [-0.2, 0) is 4.79 Å². The number of carbonyl (C=O) groups is 1. The van der Waals surface area contributed by atoms with Crippen LogP contribution >= 0.6 is 0 Å². The Balaban J connectivity index is 2.76. The second-order valence-corrected chi connectivity index (χ2v) is 6.05. The molecule has 1 aliphatic rings. The van der Waals surface area contributed by atoms with Crippen LogP contribution in [-0.4, -0.2) is 34.9 Å². The number of rotatable bonds is 5. The SMILES string of the molecule is CCCC1CCCN(C(=O)C(C)(CC)C(N)=NO)CC1. The van der Waals surface area contributed by atoms with Gasteiger partial charge in [0, 0.05) is 13.1 Å². The minimum absolute atomic E-state index is 0.00699. The number of amides is 1. The molecule has 0 aromatic rings. The Hall–Kier alpha value is -1.26. The molecule has 0 saturated carbocycles. The van der Waals surface area contributed by atoms with Gasteiger partial charge in [0.1, 0.15) is 5.41 Å². The zero-order chi connectivity index (χ0) is 15.2. The van der Waals surface area contributed by atoms with E-state index < -0.39 is 5.41 Å². The molecule has 0 radical (unpaired) electrons. The van der Waals surface area contributed by atoms with E-state index in [-0.39, 0.29) is 11.7 Å². The van der Waals surface area contributed by atoms with Gasteiger partial charge < -0.3 is 15.8 Å². The normalized spacial score (nSPS) is 24.1. The predicted octanol–water partition coefficient (Wildman–Crippen LogP) is 2.58. The Morgan fingerprint density at radius 1 is 1.40 bits per heavy atom. The van der Waals surface area contributed by atoms with E-state index in [1.807, 2.05) is 11.8 Å². The van der Waals surface area contributed by atoms with E-state index in [1.54, 1.807) is 6.92 Å². The van der Waals surface area contributed by atoms with Crippen molar-refractivity contribution in [3.63, 3.8) is 0 Å². The van der Waals surface area contributed by atoms with Crippen molar-refractivity contribution >= 4 is 11.7 Å². The van der Waals surface area contributed by atoms with E-state index >= 15 is 0 Å². The fraction of sp³-hybridized carbons (Fsp3) is 0.867. The Bertz CT molecular complexity index is 357. The third-order valence-electron chi connectivity index (χ3n) is 4.68. The van der Waals surface area contributed by atoms with Gasteiger partial charge in [-0.25, -0.2) is 0 Å². The van der Waals surface area contributed by atoms with Crippen molar-refractivity contribution in [1.29, 1.82) is 0 Å². The monoisotopic (exact) mass is 283 g/mol. The lowest BCUT2D eigenvalue weighted by molar-refractivity contribution is -0.137. The van der Waals surface area contributed by atoms with Crippen molar-refractivity contribution in [2.24, 2.45) is 22.2 Å². The predicted molar refractivity (Wildman–Crippen MR) is 80.6 cm³/mol. The average molecular weight is 283 g/mol. The molecule has 0 bridgehead atoms. The summed E-state index contributed by atoms with van der Waals surface area (Å²) in [4.78, 5) is 14.6. The summed E-state index contributed by atoms with van der Waals surface area (Å²) in [5.41, 5.74) is 4.85. The summed E-state index contributed by atoms with van der Waals surface area (Å²) in [5, 5.41) is 12.0. The molecule has 1 aliphatic heterocycles. The lowest BCUT2D eigenvalue weighted by Gasteiger charge is -2.32. The van der Waals surface area contributed by atoms with E-state index in [0.717, 1.165) is 31.8 Å². The molecule has 0 aliphatic carbocycles. The smallest absolute Gasteiger partial charge is 0.236 e. The zero-order valence-electron chi connectivity index (χ0n) is 13.1. The Labute approximate surface area is 122 Å². The van der Waals surface area contributed by atoms with Crippen LogP contribution in [0.2, 0.25) is 0 Å². The van der Waals surface area contributed by atoms with Crippen LogP contribution in [0.15, 0.2) is 5.16 Å². The van der Waals surface area contributed by atoms with E-state index in [9.17, 15) is 4.79 Å². The number of amidine groups is 1. The highest BCUT2D eigenvalue weighted by Gasteiger charge is 2.39. The van der Waals surface area contributed by atoms with Gasteiger partial charge in [-0.3, -0.25) is 4.79 Å². The minimum atomic E-state index is -0.890. The topological polar surface area (TPSA) is 78.9 Å². The first kappa shape index (κ1) is 16.8. The number of hydrogen-bond donors (Lipinski definition) is 2. The first-order valence-electron chi connectivity index (χ1n) is 7.76. The van der Waals surface area contributed by atoms with Crippen LogP contribution in [0.3, 0.4) is 0 Å². The number of nitrogens with two attached hydrogens (primary N) is 1. The van der Waals surface area contributed by atoms with Gasteiger partial charge in [-0.2, -0.15) is 0 Å². The summed E-state index contributed by atoms with van der Waals surface area (Å²) < 4.78 is 0. The van der Waals surface area contributed by atoms with Gasteiger partial charge in [0.2, 0.25) is 5.91 Å². The van der Waals surface area contributed by atoms with E-state index in [1.165, 1.54) is 19.3 Å². The van der Waals surface area contributed by atoms with Crippen LogP contribution < -0.4 is 5.73 Å². The fourth-order valence-corrected chi connectivity index (χ4v) is 2.97. The van der Waals surface area contributed by atoms with Gasteiger partial charge in [0.15, 0.2) is 5.84 Å². The number of nitrogens with zero attached hydrogens (tertiary/aromatic N) is 2. The van der Waals surface area contributed by atoms with Crippen molar-refractivity contribution in [1.82, 2.24) is 4.90 Å². The van der Waals surface area contributed by atoms with Crippen LogP contribution in [0.1, 0.15) is 59.3 Å².